The van der Waals surface area contributed by atoms with Crippen LogP contribution in [0.3, 0.4) is 0 Å². The number of nitrogens with zero attached hydrogens (tertiary/aromatic N) is 4. The molecule has 0 radical (unpaired) electrons. The van der Waals surface area contributed by atoms with Crippen molar-refractivity contribution in [3.63, 3.8) is 0 Å². The number of aryl methyl sites for hydroxylation is 8. The molecule has 0 aliphatic carbocycles. The molecule has 14 rings (SSSR count). The fourth-order valence-electron chi connectivity index (χ4n) is 15.1. The molecule has 14 aromatic rings. The third-order valence-corrected chi connectivity index (χ3v) is 20.4. The van der Waals surface area contributed by atoms with Crippen LogP contribution in [0.2, 0.25) is 0 Å². The molecule has 14 aromatic carbocycles. The van der Waals surface area contributed by atoms with Crippen LogP contribution < -0.4 is 19.6 Å². The highest BCUT2D eigenvalue weighted by Crippen LogP contribution is 2.45. The smallest absolute Gasteiger partial charge is 0.0468 e. The lowest BCUT2D eigenvalue weighted by molar-refractivity contribution is 0.590. The lowest BCUT2D eigenvalue weighted by Gasteiger charge is -2.28. The summed E-state index contributed by atoms with van der Waals surface area (Å²) in [6.07, 6.45) is 0. The van der Waals surface area contributed by atoms with Gasteiger partial charge in [-0.05, 0) is 357 Å². The topological polar surface area (TPSA) is 13.0 Å². The van der Waals surface area contributed by atoms with Crippen LogP contribution in [0.5, 0.6) is 0 Å². The van der Waals surface area contributed by atoms with E-state index in [2.05, 4.69) is 425 Å². The highest BCUT2D eigenvalue weighted by Gasteiger charge is 2.24. The van der Waals surface area contributed by atoms with Crippen LogP contribution in [0.4, 0.5) is 68.2 Å². The van der Waals surface area contributed by atoms with Crippen molar-refractivity contribution in [2.24, 2.45) is 0 Å². The fourth-order valence-corrected chi connectivity index (χ4v) is 15.1. The maximum atomic E-state index is 2.40. The predicted molar refractivity (Wildman–Crippen MR) is 454 cm³/mol. The van der Waals surface area contributed by atoms with Crippen LogP contribution in [-0.2, 0) is 21.7 Å². The van der Waals surface area contributed by atoms with E-state index in [1.54, 1.807) is 0 Å². The second kappa shape index (κ2) is 28.2. The average molecular weight is 1360 g/mol. The zero-order valence-corrected chi connectivity index (χ0v) is 65.2. The second-order valence-electron chi connectivity index (χ2n) is 33.7. The Morgan fingerprint density at radius 3 is 0.462 bits per heavy atom. The first kappa shape index (κ1) is 71.7. The number of hydrogen-bond acceptors (Lipinski definition) is 4. The number of fused-ring (bicyclic) bond motifs is 4. The largest absolute Gasteiger partial charge is 0.310 e. The molecule has 4 nitrogen and oxygen atoms in total. The molecule has 0 aliphatic rings. The van der Waals surface area contributed by atoms with Crippen LogP contribution in [0.25, 0.3) is 43.1 Å². The highest BCUT2D eigenvalue weighted by molar-refractivity contribution is 6.04. The standard InChI is InChI=1S/C54H60N2.C46H44N2/c1-51(2,3)41-15-25-45(26-16-41)55(46-27-17-42(18-28-46)52(4,5)6)49-23-13-37-34-40-36-50(24-14-38(40)33-39(37)35-49)56(47-29-19-43(20-30-47)53(7,8)9)48-31-21-44(22-32-48)54(10,11)12;1-29-13-30(2)18-43(17-29)47(44-19-31(3)14-32(4)20-44)41-11-9-37-26-40-28-42(12-10-38(40)25-39(37)27-41)48(45-21-33(5)15-34(6)22-45)46-23-35(7)16-36(8)24-46/h13-36H,1-12H3;9-28H,1-8H3. The molecule has 0 aliphatic heterocycles. The summed E-state index contributed by atoms with van der Waals surface area (Å²) in [6, 6.07) is 101. The molecule has 4 heteroatoms. The summed E-state index contributed by atoms with van der Waals surface area (Å²) in [7, 11) is 0. The number of hydrogen-bond donors (Lipinski definition) is 0. The van der Waals surface area contributed by atoms with Crippen molar-refractivity contribution in [3.05, 3.63) is 334 Å². The highest BCUT2D eigenvalue weighted by atomic mass is 15.2. The summed E-state index contributed by atoms with van der Waals surface area (Å²) < 4.78 is 0. The van der Waals surface area contributed by atoms with Crippen LogP contribution in [0.1, 0.15) is 150 Å². The van der Waals surface area contributed by atoms with Crippen LogP contribution in [0.15, 0.2) is 267 Å². The van der Waals surface area contributed by atoms with E-state index in [9.17, 15) is 0 Å². The van der Waals surface area contributed by atoms with Gasteiger partial charge in [0.25, 0.3) is 0 Å². The molecular weight excluding hydrogens is 1260 g/mol. The first-order valence-corrected chi connectivity index (χ1v) is 37.2. The lowest BCUT2D eigenvalue weighted by atomic mass is 9.86. The minimum Gasteiger partial charge on any atom is -0.310 e. The van der Waals surface area contributed by atoms with E-state index < -0.39 is 0 Å². The molecule has 0 aromatic heterocycles. The minimum absolute atomic E-state index is 0.0897. The number of benzene rings is 14. The van der Waals surface area contributed by atoms with Crippen molar-refractivity contribution in [2.75, 3.05) is 19.6 Å². The van der Waals surface area contributed by atoms with Gasteiger partial charge in [0.05, 0.1) is 0 Å². The molecule has 0 saturated heterocycles. The Morgan fingerprint density at radius 1 is 0.144 bits per heavy atom. The molecule has 0 N–H and O–H groups in total. The third kappa shape index (κ3) is 15.8. The molecule has 0 fully saturated rings. The summed E-state index contributed by atoms with van der Waals surface area (Å²) >= 11 is 0. The van der Waals surface area contributed by atoms with Gasteiger partial charge in [-0.15, -0.1) is 0 Å². The number of rotatable bonds is 12. The Bertz CT molecular complexity index is 4850. The van der Waals surface area contributed by atoms with E-state index >= 15 is 0 Å². The first-order valence-electron chi connectivity index (χ1n) is 37.2. The summed E-state index contributed by atoms with van der Waals surface area (Å²) in [4.78, 5) is 9.58. The summed E-state index contributed by atoms with van der Waals surface area (Å²) in [5.41, 5.74) is 29.7. The molecule has 0 heterocycles. The Morgan fingerprint density at radius 2 is 0.298 bits per heavy atom. The summed E-state index contributed by atoms with van der Waals surface area (Å²) in [5, 5.41) is 9.80. The van der Waals surface area contributed by atoms with Crippen LogP contribution >= 0.6 is 0 Å². The van der Waals surface area contributed by atoms with Crippen LogP contribution in [-0.4, -0.2) is 0 Å². The second-order valence-corrected chi connectivity index (χ2v) is 33.7. The van der Waals surface area contributed by atoms with Gasteiger partial charge >= 0.3 is 0 Å². The van der Waals surface area contributed by atoms with Gasteiger partial charge in [-0.2, -0.15) is 0 Å². The predicted octanol–water partition coefficient (Wildman–Crippen LogP) is 29.5. The van der Waals surface area contributed by atoms with E-state index in [0.717, 1.165) is 45.5 Å². The van der Waals surface area contributed by atoms with Gasteiger partial charge in [0.1, 0.15) is 0 Å². The molecule has 104 heavy (non-hydrogen) atoms. The van der Waals surface area contributed by atoms with Crippen molar-refractivity contribution >= 4 is 111 Å². The van der Waals surface area contributed by atoms with E-state index in [1.165, 1.54) is 133 Å². The van der Waals surface area contributed by atoms with Gasteiger partial charge in [-0.3, -0.25) is 0 Å². The van der Waals surface area contributed by atoms with Crippen LogP contribution in [0, 0.1) is 55.4 Å². The molecule has 524 valence electrons. The maximum absolute atomic E-state index is 2.40. The molecule has 0 amide bonds. The maximum Gasteiger partial charge on any atom is 0.0468 e. The fraction of sp³-hybridized carbons (Fsp3) is 0.240. The molecule has 0 saturated carbocycles. The Labute approximate surface area is 620 Å². The van der Waals surface area contributed by atoms with Crippen molar-refractivity contribution < 1.29 is 0 Å². The zero-order chi connectivity index (χ0) is 73.9. The quantitative estimate of drug-likeness (QED) is 0.113. The molecule has 0 unspecified atom stereocenters. The van der Waals surface area contributed by atoms with Crippen molar-refractivity contribution in [1.82, 2.24) is 0 Å². The van der Waals surface area contributed by atoms with Gasteiger partial charge in [0.15, 0.2) is 0 Å². The molecule has 0 atom stereocenters. The minimum atomic E-state index is 0.0897. The summed E-state index contributed by atoms with van der Waals surface area (Å²) in [6.45, 7) is 44.7. The Balaban J connectivity index is 0.000000187. The third-order valence-electron chi connectivity index (χ3n) is 20.4. The SMILES string of the molecule is CC(C)(C)c1ccc(N(c2ccc(C(C)(C)C)cc2)c2ccc3cc4cc(N(c5ccc(C(C)(C)C)cc5)c5ccc(C(C)(C)C)cc5)ccc4cc3c2)cc1.Cc1cc(C)cc(N(c2cc(C)cc(C)c2)c2ccc3cc4cc(N(c5cc(C)cc(C)c5)c5cc(C)cc(C)c5)ccc4cc3c2)c1. The molecule has 0 bridgehead atoms. The van der Waals surface area contributed by atoms with Gasteiger partial charge in [0.2, 0.25) is 0 Å². The Hall–Kier alpha value is -10.7. The Kier molecular flexibility index (Phi) is 19.4. The van der Waals surface area contributed by atoms with E-state index in [1.807, 2.05) is 0 Å². The van der Waals surface area contributed by atoms with Crippen molar-refractivity contribution in [3.8, 4) is 0 Å². The van der Waals surface area contributed by atoms with Crippen molar-refractivity contribution in [1.29, 1.82) is 0 Å². The average Bonchev–Trinajstić information content (AvgIpc) is 0.777. The molecule has 0 spiro atoms. The van der Waals surface area contributed by atoms with Gasteiger partial charge in [-0.25, -0.2) is 0 Å². The van der Waals surface area contributed by atoms with Gasteiger partial charge in [0, 0.05) is 68.2 Å². The normalized spacial score (nSPS) is 12.0. The van der Waals surface area contributed by atoms with Crippen molar-refractivity contribution in [2.45, 2.75) is 160 Å². The molecular formula is C100H104N4. The summed E-state index contributed by atoms with van der Waals surface area (Å²) in [5.74, 6) is 0. The number of anilines is 12. The van der Waals surface area contributed by atoms with E-state index in [0.29, 0.717) is 0 Å². The van der Waals surface area contributed by atoms with Gasteiger partial charge in [-0.1, -0.05) is 180 Å². The lowest BCUT2D eigenvalue weighted by Crippen LogP contribution is -2.14. The monoisotopic (exact) mass is 1360 g/mol. The van der Waals surface area contributed by atoms with E-state index in [4.69, 9.17) is 0 Å². The zero-order valence-electron chi connectivity index (χ0n) is 65.2. The van der Waals surface area contributed by atoms with E-state index in [-0.39, 0.29) is 21.7 Å². The first-order chi connectivity index (χ1) is 49.2. The van der Waals surface area contributed by atoms with Gasteiger partial charge < -0.3 is 19.6 Å².